The van der Waals surface area contributed by atoms with Crippen molar-refractivity contribution < 1.29 is 9.32 Å². The van der Waals surface area contributed by atoms with Crippen LogP contribution < -0.4 is 10.9 Å². The Morgan fingerprint density at radius 2 is 1.96 bits per heavy atom. The van der Waals surface area contributed by atoms with Crippen LogP contribution in [-0.4, -0.2) is 26.9 Å². The molecule has 3 rings (SSSR count). The molecule has 1 fully saturated rings. The predicted molar refractivity (Wildman–Crippen MR) is 94.4 cm³/mol. The minimum Gasteiger partial charge on any atom is -0.360 e. The van der Waals surface area contributed by atoms with Gasteiger partial charge in [-0.05, 0) is 33.1 Å². The molecule has 136 valence electrons. The molecular weight excluding hydrogens is 320 g/mol. The first-order valence-electron chi connectivity index (χ1n) is 9.19. The number of aryl methyl sites for hydroxylation is 3. The molecule has 0 bridgehead atoms. The molecule has 0 saturated heterocycles. The maximum Gasteiger partial charge on any atom is 0.296 e. The standard InChI is InChI=1S/C18H26N4O3/c1-12-16-13(2)25-21-17(16)18(24)22(20-12)11-7-10-15(23)19-14-8-5-3-4-6-9-14/h14H,3-11H2,1-2H3,(H,19,23). The van der Waals surface area contributed by atoms with E-state index in [1.165, 1.54) is 30.4 Å². The molecule has 7 heteroatoms. The molecule has 0 radical (unpaired) electrons. The van der Waals surface area contributed by atoms with Gasteiger partial charge in [-0.2, -0.15) is 5.10 Å². The average molecular weight is 346 g/mol. The fraction of sp³-hybridized carbons (Fsp3) is 0.667. The zero-order valence-corrected chi connectivity index (χ0v) is 15.0. The van der Waals surface area contributed by atoms with Crippen LogP contribution in [0.5, 0.6) is 0 Å². The van der Waals surface area contributed by atoms with Gasteiger partial charge in [-0.25, -0.2) is 4.68 Å². The summed E-state index contributed by atoms with van der Waals surface area (Å²) in [6.07, 6.45) is 8.06. The fourth-order valence-electron chi connectivity index (χ4n) is 3.61. The predicted octanol–water partition coefficient (Wildman–Crippen LogP) is 2.62. The highest BCUT2D eigenvalue weighted by atomic mass is 16.5. The lowest BCUT2D eigenvalue weighted by Crippen LogP contribution is -2.34. The Bertz CT molecular complexity index is 800. The van der Waals surface area contributed by atoms with E-state index >= 15 is 0 Å². The van der Waals surface area contributed by atoms with Crippen molar-refractivity contribution >= 4 is 16.8 Å². The topological polar surface area (TPSA) is 90.0 Å². The van der Waals surface area contributed by atoms with Gasteiger partial charge in [-0.15, -0.1) is 0 Å². The maximum absolute atomic E-state index is 12.4. The number of aromatic nitrogens is 3. The third-order valence-electron chi connectivity index (χ3n) is 4.93. The van der Waals surface area contributed by atoms with E-state index in [4.69, 9.17) is 4.52 Å². The highest BCUT2D eigenvalue weighted by Gasteiger charge is 2.16. The third kappa shape index (κ3) is 4.08. The van der Waals surface area contributed by atoms with Gasteiger partial charge in [-0.1, -0.05) is 30.8 Å². The Morgan fingerprint density at radius 3 is 2.68 bits per heavy atom. The molecule has 0 aliphatic heterocycles. The second kappa shape index (κ2) is 7.80. The zero-order chi connectivity index (χ0) is 17.8. The molecule has 1 aliphatic rings. The number of carbonyl (C=O) groups is 1. The quantitative estimate of drug-likeness (QED) is 0.841. The van der Waals surface area contributed by atoms with Crippen molar-refractivity contribution in [3.63, 3.8) is 0 Å². The van der Waals surface area contributed by atoms with Gasteiger partial charge >= 0.3 is 0 Å². The summed E-state index contributed by atoms with van der Waals surface area (Å²) >= 11 is 0. The van der Waals surface area contributed by atoms with Crippen molar-refractivity contribution in [1.82, 2.24) is 20.3 Å². The van der Waals surface area contributed by atoms with Crippen LogP contribution in [0.4, 0.5) is 0 Å². The lowest BCUT2D eigenvalue weighted by molar-refractivity contribution is -0.122. The van der Waals surface area contributed by atoms with Crippen molar-refractivity contribution in [2.45, 2.75) is 77.8 Å². The van der Waals surface area contributed by atoms with E-state index in [9.17, 15) is 9.59 Å². The molecule has 0 spiro atoms. The Balaban J connectivity index is 1.57. The fourth-order valence-corrected chi connectivity index (χ4v) is 3.61. The van der Waals surface area contributed by atoms with E-state index in [2.05, 4.69) is 15.6 Å². The number of nitrogens with one attached hydrogen (secondary N) is 1. The number of carbonyl (C=O) groups excluding carboxylic acids is 1. The van der Waals surface area contributed by atoms with Crippen molar-refractivity contribution in [2.75, 3.05) is 0 Å². The number of fused-ring (bicyclic) bond motifs is 1. The number of hydrogen-bond acceptors (Lipinski definition) is 5. The van der Waals surface area contributed by atoms with Crippen LogP contribution in [-0.2, 0) is 11.3 Å². The maximum atomic E-state index is 12.4. The van der Waals surface area contributed by atoms with Crippen LogP contribution in [0, 0.1) is 13.8 Å². The van der Waals surface area contributed by atoms with Crippen LogP contribution in [0.25, 0.3) is 10.9 Å². The lowest BCUT2D eigenvalue weighted by atomic mass is 10.1. The summed E-state index contributed by atoms with van der Waals surface area (Å²) in [5.41, 5.74) is 0.769. The normalized spacial score (nSPS) is 16.1. The zero-order valence-electron chi connectivity index (χ0n) is 15.0. The Hall–Kier alpha value is -2.18. The molecule has 1 aliphatic carbocycles. The summed E-state index contributed by atoms with van der Waals surface area (Å²) in [6, 6.07) is 0.313. The van der Waals surface area contributed by atoms with E-state index in [1.54, 1.807) is 6.92 Å². The second-order valence-corrected chi connectivity index (χ2v) is 6.94. The first kappa shape index (κ1) is 17.6. The number of amides is 1. The van der Waals surface area contributed by atoms with E-state index < -0.39 is 0 Å². The van der Waals surface area contributed by atoms with E-state index in [1.807, 2.05) is 6.92 Å². The summed E-state index contributed by atoms with van der Waals surface area (Å²) in [6.45, 7) is 4.01. The van der Waals surface area contributed by atoms with Gasteiger partial charge in [0.05, 0.1) is 11.1 Å². The van der Waals surface area contributed by atoms with Gasteiger partial charge in [-0.3, -0.25) is 9.59 Å². The van der Waals surface area contributed by atoms with Crippen LogP contribution >= 0.6 is 0 Å². The third-order valence-corrected chi connectivity index (χ3v) is 4.93. The molecule has 1 saturated carbocycles. The Kier molecular flexibility index (Phi) is 5.50. The molecule has 2 heterocycles. The SMILES string of the molecule is Cc1nn(CCCC(=O)NC2CCCCCC2)c(=O)c2noc(C)c12. The van der Waals surface area contributed by atoms with E-state index in [0.717, 1.165) is 18.5 Å². The summed E-state index contributed by atoms with van der Waals surface area (Å²) < 4.78 is 6.49. The van der Waals surface area contributed by atoms with Crippen molar-refractivity contribution in [1.29, 1.82) is 0 Å². The van der Waals surface area contributed by atoms with Crippen molar-refractivity contribution in [3.8, 4) is 0 Å². The Labute approximate surface area is 146 Å². The summed E-state index contributed by atoms with van der Waals surface area (Å²) in [5, 5.41) is 12.0. The Morgan fingerprint density at radius 1 is 1.24 bits per heavy atom. The first-order valence-corrected chi connectivity index (χ1v) is 9.19. The molecule has 0 aromatic carbocycles. The van der Waals surface area contributed by atoms with Crippen molar-refractivity contribution in [3.05, 3.63) is 21.8 Å². The van der Waals surface area contributed by atoms with Gasteiger partial charge < -0.3 is 9.84 Å². The minimum atomic E-state index is -0.262. The molecular formula is C18H26N4O3. The minimum absolute atomic E-state index is 0.0648. The number of rotatable bonds is 5. The van der Waals surface area contributed by atoms with Gasteiger partial charge in [0, 0.05) is 19.0 Å². The van der Waals surface area contributed by atoms with Crippen molar-refractivity contribution in [2.24, 2.45) is 0 Å². The summed E-state index contributed by atoms with van der Waals surface area (Å²) in [7, 11) is 0. The smallest absolute Gasteiger partial charge is 0.296 e. The number of nitrogens with zero attached hydrogens (tertiary/aromatic N) is 3. The number of hydrogen-bond donors (Lipinski definition) is 1. The van der Waals surface area contributed by atoms with Gasteiger partial charge in [0.15, 0.2) is 5.52 Å². The summed E-state index contributed by atoms with van der Waals surface area (Å²) in [5.74, 6) is 0.669. The molecule has 2 aromatic rings. The highest BCUT2D eigenvalue weighted by molar-refractivity contribution is 5.81. The molecule has 7 nitrogen and oxygen atoms in total. The molecule has 0 unspecified atom stereocenters. The average Bonchev–Trinajstić information content (AvgIpc) is 2.79. The van der Waals surface area contributed by atoms with Gasteiger partial charge in [0.1, 0.15) is 5.76 Å². The molecule has 1 N–H and O–H groups in total. The van der Waals surface area contributed by atoms with E-state index in [-0.39, 0.29) is 11.5 Å². The lowest BCUT2D eigenvalue weighted by Gasteiger charge is -2.16. The largest absolute Gasteiger partial charge is 0.360 e. The van der Waals surface area contributed by atoms with Crippen LogP contribution in [0.3, 0.4) is 0 Å². The van der Waals surface area contributed by atoms with E-state index in [0.29, 0.717) is 42.1 Å². The molecule has 25 heavy (non-hydrogen) atoms. The van der Waals surface area contributed by atoms with Gasteiger partial charge in [0.2, 0.25) is 5.91 Å². The van der Waals surface area contributed by atoms with Crippen LogP contribution in [0.1, 0.15) is 62.8 Å². The molecule has 1 amide bonds. The summed E-state index contributed by atoms with van der Waals surface area (Å²) in [4.78, 5) is 24.5. The van der Waals surface area contributed by atoms with Crippen LogP contribution in [0.15, 0.2) is 9.32 Å². The highest BCUT2D eigenvalue weighted by Crippen LogP contribution is 2.18. The first-order chi connectivity index (χ1) is 12.1. The second-order valence-electron chi connectivity index (χ2n) is 6.94. The molecule has 2 aromatic heterocycles. The van der Waals surface area contributed by atoms with Gasteiger partial charge in [0.25, 0.3) is 5.56 Å². The molecule has 0 atom stereocenters. The van der Waals surface area contributed by atoms with Crippen LogP contribution in [0.2, 0.25) is 0 Å². The monoisotopic (exact) mass is 346 g/mol.